The van der Waals surface area contributed by atoms with Gasteiger partial charge >= 0.3 is 0 Å². The number of piperidine rings is 1. The van der Waals surface area contributed by atoms with Gasteiger partial charge in [-0.15, -0.1) is 0 Å². The molecule has 2 aliphatic rings. The fourth-order valence-electron chi connectivity index (χ4n) is 6.35. The Morgan fingerprint density at radius 3 is 2.53 bits per heavy atom. The molecule has 10 nitrogen and oxygen atoms in total. The summed E-state index contributed by atoms with van der Waals surface area (Å²) >= 11 is 0.638. The summed E-state index contributed by atoms with van der Waals surface area (Å²) in [6.07, 6.45) is 5.68. The Labute approximate surface area is 284 Å². The van der Waals surface area contributed by atoms with E-state index in [1.807, 2.05) is 66.9 Å². The van der Waals surface area contributed by atoms with Crippen LogP contribution in [0.3, 0.4) is 0 Å². The molecule has 250 valence electrons. The Hall–Kier alpha value is -2.97. The minimum Gasteiger partial charge on any atom is -0.611 e. The largest absolute Gasteiger partial charge is 0.611 e. The minimum absolute atomic E-state index is 0.0159. The van der Waals surface area contributed by atoms with Crippen LogP contribution in [0.4, 0.5) is 11.6 Å². The number of nitrogens with one attached hydrogen (secondary N) is 1. The van der Waals surface area contributed by atoms with Crippen LogP contribution in [-0.2, 0) is 15.9 Å². The van der Waals surface area contributed by atoms with E-state index in [1.54, 1.807) is 18.1 Å². The molecule has 0 radical (unpaired) electrons. The fraction of sp³-hybridized carbons (Fsp3) is 0.457. The lowest BCUT2D eigenvalue weighted by Gasteiger charge is -2.32. The molecular formula is C35H45N7O3S2. The molecule has 2 aliphatic heterocycles. The van der Waals surface area contributed by atoms with Gasteiger partial charge in [-0.05, 0) is 111 Å². The van der Waals surface area contributed by atoms with Crippen molar-refractivity contribution in [2.24, 2.45) is 0 Å². The van der Waals surface area contributed by atoms with Crippen LogP contribution < -0.4 is 10.9 Å². The van der Waals surface area contributed by atoms with Gasteiger partial charge in [0.1, 0.15) is 11.4 Å². The zero-order valence-electron chi connectivity index (χ0n) is 27.9. The van der Waals surface area contributed by atoms with Crippen LogP contribution in [-0.4, -0.2) is 106 Å². The summed E-state index contributed by atoms with van der Waals surface area (Å²) < 4.78 is 23.2. The van der Waals surface area contributed by atoms with Crippen molar-refractivity contribution in [1.82, 2.24) is 28.6 Å². The maximum atomic E-state index is 14.4. The highest BCUT2D eigenvalue weighted by Crippen LogP contribution is 2.31. The van der Waals surface area contributed by atoms with Gasteiger partial charge in [0, 0.05) is 61.6 Å². The van der Waals surface area contributed by atoms with Crippen molar-refractivity contribution in [3.8, 4) is 11.1 Å². The van der Waals surface area contributed by atoms with E-state index < -0.39 is 11.2 Å². The SMILES string of the molecule is CSN1CCC(n2c(=O)c(-c3ccc([S+]([O-])CCN(C)C)cc3C)cc3cnc(Nc4ccc(C5CN(C)CCO5)cc4)nc32)CC1. The molecule has 2 aromatic carbocycles. The smallest absolute Gasteiger partial charge is 0.260 e. The molecule has 6 rings (SSSR count). The molecule has 0 saturated carbocycles. The number of fused-ring (bicyclic) bond motifs is 1. The highest BCUT2D eigenvalue weighted by atomic mass is 32.2. The van der Waals surface area contributed by atoms with Crippen molar-refractivity contribution < 1.29 is 9.29 Å². The second-order valence-corrected chi connectivity index (χ2v) is 15.2. The van der Waals surface area contributed by atoms with Crippen molar-refractivity contribution in [3.63, 3.8) is 0 Å². The van der Waals surface area contributed by atoms with Gasteiger partial charge in [0.15, 0.2) is 4.90 Å². The minimum atomic E-state index is -1.11. The monoisotopic (exact) mass is 675 g/mol. The van der Waals surface area contributed by atoms with Crippen LogP contribution in [0.25, 0.3) is 22.2 Å². The highest BCUT2D eigenvalue weighted by Gasteiger charge is 2.26. The zero-order valence-corrected chi connectivity index (χ0v) is 29.6. The summed E-state index contributed by atoms with van der Waals surface area (Å²) in [5.74, 6) is 1.01. The van der Waals surface area contributed by atoms with Crippen molar-refractivity contribution >= 4 is 45.8 Å². The van der Waals surface area contributed by atoms with E-state index in [-0.39, 0.29) is 17.7 Å². The topological polar surface area (TPSA) is 102 Å². The maximum absolute atomic E-state index is 14.4. The molecule has 1 N–H and O–H groups in total. The number of morpholine rings is 1. The summed E-state index contributed by atoms with van der Waals surface area (Å²) in [7, 11) is 6.08. The molecule has 4 heterocycles. The normalized spacial score (nSPS) is 19.0. The van der Waals surface area contributed by atoms with Gasteiger partial charge in [0.25, 0.3) is 5.56 Å². The first kappa shape index (κ1) is 33.9. The number of aromatic nitrogens is 3. The Kier molecular flexibility index (Phi) is 10.9. The van der Waals surface area contributed by atoms with Gasteiger partial charge in [-0.1, -0.05) is 24.1 Å². The Morgan fingerprint density at radius 1 is 1.09 bits per heavy atom. The summed E-state index contributed by atoms with van der Waals surface area (Å²) in [6, 6.07) is 15.9. The summed E-state index contributed by atoms with van der Waals surface area (Å²) in [5.41, 5.74) is 4.97. The van der Waals surface area contributed by atoms with Crippen LogP contribution in [0.2, 0.25) is 0 Å². The first-order valence-corrected chi connectivity index (χ1v) is 18.7. The van der Waals surface area contributed by atoms with E-state index in [1.165, 1.54) is 0 Å². The standard InChI is InChI=1S/C35H45N7O3S2/c1-24-20-29(47(44)19-17-39(2)3)10-11-30(24)31-21-26-22-36-35(37-27-8-6-25(7-9-27)32-23-40(4)16-18-45-32)38-33(26)42(34(31)43)28-12-14-41(46-5)15-13-28/h6-11,20-22,28,32H,12-19,23H2,1-5H3,(H,36,37,38). The van der Waals surface area contributed by atoms with Crippen LogP contribution in [0.5, 0.6) is 0 Å². The first-order chi connectivity index (χ1) is 22.7. The third kappa shape index (κ3) is 7.86. The maximum Gasteiger partial charge on any atom is 0.260 e. The summed E-state index contributed by atoms with van der Waals surface area (Å²) in [6.45, 7) is 7.08. The molecular weight excluding hydrogens is 631 g/mol. The second-order valence-electron chi connectivity index (χ2n) is 12.7. The number of hydrogen-bond donors (Lipinski definition) is 1. The van der Waals surface area contributed by atoms with Gasteiger partial charge in [0.05, 0.1) is 12.7 Å². The Balaban J connectivity index is 1.33. The average molecular weight is 676 g/mol. The van der Waals surface area contributed by atoms with Crippen molar-refractivity contribution in [2.75, 3.05) is 77.8 Å². The van der Waals surface area contributed by atoms with Gasteiger partial charge in [-0.25, -0.2) is 4.98 Å². The fourth-order valence-corrected chi connectivity index (χ4v) is 8.22. The van der Waals surface area contributed by atoms with Crippen LogP contribution in [0.15, 0.2) is 64.4 Å². The van der Waals surface area contributed by atoms with Crippen molar-refractivity contribution in [2.45, 2.75) is 36.8 Å². The molecule has 2 atom stereocenters. The Morgan fingerprint density at radius 2 is 1.85 bits per heavy atom. The van der Waals surface area contributed by atoms with Gasteiger partial charge in [-0.2, -0.15) is 4.98 Å². The predicted octanol–water partition coefficient (Wildman–Crippen LogP) is 5.10. The van der Waals surface area contributed by atoms with Gasteiger partial charge < -0.3 is 24.4 Å². The van der Waals surface area contributed by atoms with Crippen LogP contribution in [0, 0.1) is 6.92 Å². The van der Waals surface area contributed by atoms with Gasteiger partial charge in [-0.3, -0.25) is 13.7 Å². The number of anilines is 2. The molecule has 2 unspecified atom stereocenters. The molecule has 2 fully saturated rings. The van der Waals surface area contributed by atoms with E-state index in [4.69, 9.17) is 9.72 Å². The van der Waals surface area contributed by atoms with Crippen LogP contribution >= 0.6 is 11.9 Å². The highest BCUT2D eigenvalue weighted by molar-refractivity contribution is 7.96. The summed E-state index contributed by atoms with van der Waals surface area (Å²) in [4.78, 5) is 29.2. The lowest BCUT2D eigenvalue weighted by molar-refractivity contribution is -0.0208. The molecule has 4 aromatic rings. The Bertz CT molecular complexity index is 1740. The van der Waals surface area contributed by atoms with Crippen molar-refractivity contribution in [1.29, 1.82) is 0 Å². The average Bonchev–Trinajstić information content (AvgIpc) is 3.07. The molecule has 0 bridgehead atoms. The number of nitrogens with zero attached hydrogens (tertiary/aromatic N) is 6. The number of pyridine rings is 1. The lowest BCUT2D eigenvalue weighted by Crippen LogP contribution is -2.35. The van der Waals surface area contributed by atoms with Crippen LogP contribution in [0.1, 0.15) is 36.1 Å². The first-order valence-electron chi connectivity index (χ1n) is 16.2. The van der Waals surface area contributed by atoms with E-state index in [2.05, 4.69) is 44.9 Å². The number of benzene rings is 2. The quantitative estimate of drug-likeness (QED) is 0.181. The molecule has 2 saturated heterocycles. The predicted molar refractivity (Wildman–Crippen MR) is 193 cm³/mol. The van der Waals surface area contributed by atoms with E-state index in [0.29, 0.717) is 22.9 Å². The molecule has 0 aliphatic carbocycles. The zero-order chi connectivity index (χ0) is 33.1. The number of aryl methyl sites for hydroxylation is 1. The van der Waals surface area contributed by atoms with Crippen molar-refractivity contribution in [3.05, 3.63) is 76.2 Å². The lowest BCUT2D eigenvalue weighted by atomic mass is 9.99. The molecule has 2 aromatic heterocycles. The number of ether oxygens (including phenoxy) is 1. The van der Waals surface area contributed by atoms with E-state index >= 15 is 0 Å². The van der Waals surface area contributed by atoms with E-state index in [9.17, 15) is 9.35 Å². The third-order valence-electron chi connectivity index (χ3n) is 9.10. The second kappa shape index (κ2) is 15.1. The molecule has 12 heteroatoms. The molecule has 0 spiro atoms. The third-order valence-corrected chi connectivity index (χ3v) is 11.3. The molecule has 47 heavy (non-hydrogen) atoms. The summed E-state index contributed by atoms with van der Waals surface area (Å²) in [5, 5.41) is 4.17. The molecule has 0 amide bonds. The number of rotatable bonds is 10. The van der Waals surface area contributed by atoms with Gasteiger partial charge in [0.2, 0.25) is 5.95 Å². The number of hydrogen-bond acceptors (Lipinski definition) is 10. The number of likely N-dealkylation sites (N-methyl/N-ethyl adjacent to an activating group) is 1. The van der Waals surface area contributed by atoms with E-state index in [0.717, 1.165) is 84.8 Å².